The summed E-state index contributed by atoms with van der Waals surface area (Å²) in [5, 5.41) is 1.49. The Kier molecular flexibility index (Phi) is 5.00. The molecule has 0 spiro atoms. The molecular weight excluding hydrogens is 366 g/mol. The third-order valence-corrected chi connectivity index (χ3v) is 5.74. The summed E-state index contributed by atoms with van der Waals surface area (Å²) in [4.78, 5) is 21.7. The summed E-state index contributed by atoms with van der Waals surface area (Å²) >= 11 is 7.37. The Balaban J connectivity index is 1.40. The molecule has 2 aromatic rings. The number of amides is 1. The van der Waals surface area contributed by atoms with Crippen LogP contribution >= 0.6 is 23.4 Å². The average molecular weight is 384 g/mol. The maximum atomic E-state index is 12.2. The molecule has 2 aliphatic rings. The van der Waals surface area contributed by atoms with Crippen LogP contribution in [-0.2, 0) is 4.79 Å². The first kappa shape index (κ1) is 17.2. The average Bonchev–Trinajstić information content (AvgIpc) is 3.05. The standard InChI is InChI=1S/C20H18ClN3OS/c21-16-8-6-15(7-9-16)14-18-19(25)22-20(26-18)24-12-10-23(11-13-24)17-4-2-1-3-5-17/h1-9,14H,10-13H2. The highest BCUT2D eigenvalue weighted by Gasteiger charge is 2.28. The monoisotopic (exact) mass is 383 g/mol. The normalized spacial score (nSPS) is 19.2. The summed E-state index contributed by atoms with van der Waals surface area (Å²) in [5.74, 6) is -0.162. The van der Waals surface area contributed by atoms with E-state index in [1.165, 1.54) is 17.4 Å². The number of aliphatic imine (C=N–C) groups is 1. The second kappa shape index (κ2) is 7.56. The highest BCUT2D eigenvalue weighted by atomic mass is 35.5. The van der Waals surface area contributed by atoms with Gasteiger partial charge in [-0.15, -0.1) is 0 Å². The maximum Gasteiger partial charge on any atom is 0.286 e. The van der Waals surface area contributed by atoms with E-state index in [0.29, 0.717) is 9.93 Å². The van der Waals surface area contributed by atoms with Crippen LogP contribution in [0.1, 0.15) is 5.56 Å². The fraction of sp³-hybridized carbons (Fsp3) is 0.200. The number of hydrogen-bond donors (Lipinski definition) is 0. The SMILES string of the molecule is O=C1N=C(N2CCN(c3ccccc3)CC2)SC1=Cc1ccc(Cl)cc1. The number of carbonyl (C=O) groups excluding carboxylic acids is 1. The maximum absolute atomic E-state index is 12.2. The molecule has 0 radical (unpaired) electrons. The van der Waals surface area contributed by atoms with Crippen LogP contribution in [0.5, 0.6) is 0 Å². The predicted octanol–water partition coefficient (Wildman–Crippen LogP) is 4.13. The number of hydrogen-bond acceptors (Lipinski definition) is 4. The van der Waals surface area contributed by atoms with E-state index in [9.17, 15) is 4.79 Å². The molecule has 26 heavy (non-hydrogen) atoms. The van der Waals surface area contributed by atoms with Crippen molar-refractivity contribution >= 4 is 46.2 Å². The van der Waals surface area contributed by atoms with E-state index in [2.05, 4.69) is 39.1 Å². The summed E-state index contributed by atoms with van der Waals surface area (Å²) in [6.45, 7) is 3.58. The highest BCUT2D eigenvalue weighted by Crippen LogP contribution is 2.31. The number of thioether (sulfide) groups is 1. The van der Waals surface area contributed by atoms with Gasteiger partial charge in [0.1, 0.15) is 0 Å². The van der Waals surface area contributed by atoms with Gasteiger partial charge in [-0.3, -0.25) is 4.79 Å². The van der Waals surface area contributed by atoms with Crippen molar-refractivity contribution in [2.24, 2.45) is 4.99 Å². The van der Waals surface area contributed by atoms with Crippen LogP contribution in [0.4, 0.5) is 5.69 Å². The number of para-hydroxylation sites is 1. The Morgan fingerprint density at radius 2 is 1.58 bits per heavy atom. The Labute approximate surface area is 162 Å². The summed E-state index contributed by atoms with van der Waals surface area (Å²) in [7, 11) is 0. The van der Waals surface area contributed by atoms with E-state index in [1.807, 2.05) is 36.4 Å². The summed E-state index contributed by atoms with van der Waals surface area (Å²) < 4.78 is 0. The van der Waals surface area contributed by atoms with Crippen molar-refractivity contribution in [1.82, 2.24) is 4.90 Å². The number of anilines is 1. The van der Waals surface area contributed by atoms with Crippen LogP contribution in [0.15, 0.2) is 64.5 Å². The lowest BCUT2D eigenvalue weighted by molar-refractivity contribution is -0.113. The Morgan fingerprint density at radius 3 is 2.27 bits per heavy atom. The molecule has 0 aromatic heterocycles. The molecule has 1 amide bonds. The highest BCUT2D eigenvalue weighted by molar-refractivity contribution is 8.18. The van der Waals surface area contributed by atoms with Crippen molar-refractivity contribution in [2.75, 3.05) is 31.1 Å². The lowest BCUT2D eigenvalue weighted by atomic mass is 10.2. The number of amidine groups is 1. The molecule has 0 unspecified atom stereocenters. The molecule has 6 heteroatoms. The zero-order valence-electron chi connectivity index (χ0n) is 14.1. The number of halogens is 1. The molecular formula is C20H18ClN3OS. The van der Waals surface area contributed by atoms with Gasteiger partial charge in [0.2, 0.25) is 0 Å². The van der Waals surface area contributed by atoms with Crippen LogP contribution in [0.3, 0.4) is 0 Å². The Morgan fingerprint density at radius 1 is 0.923 bits per heavy atom. The van der Waals surface area contributed by atoms with Crippen LogP contribution < -0.4 is 4.90 Å². The van der Waals surface area contributed by atoms with Crippen molar-refractivity contribution in [2.45, 2.75) is 0 Å². The van der Waals surface area contributed by atoms with E-state index in [0.717, 1.165) is 36.9 Å². The van der Waals surface area contributed by atoms with Crippen LogP contribution in [0.25, 0.3) is 6.08 Å². The lowest BCUT2D eigenvalue weighted by Gasteiger charge is -2.36. The number of nitrogens with zero attached hydrogens (tertiary/aromatic N) is 3. The summed E-state index contributed by atoms with van der Waals surface area (Å²) in [6.07, 6.45) is 1.88. The molecule has 0 saturated carbocycles. The second-order valence-corrected chi connectivity index (χ2v) is 7.62. The second-order valence-electron chi connectivity index (χ2n) is 6.17. The fourth-order valence-corrected chi connectivity index (χ4v) is 4.13. The molecule has 2 heterocycles. The van der Waals surface area contributed by atoms with Crippen LogP contribution in [-0.4, -0.2) is 42.2 Å². The van der Waals surface area contributed by atoms with Gasteiger partial charge in [0, 0.05) is 36.9 Å². The zero-order chi connectivity index (χ0) is 17.9. The summed E-state index contributed by atoms with van der Waals surface area (Å²) in [5.41, 5.74) is 2.20. The van der Waals surface area contributed by atoms with Gasteiger partial charge in [-0.2, -0.15) is 4.99 Å². The van der Waals surface area contributed by atoms with Gasteiger partial charge in [0.25, 0.3) is 5.91 Å². The molecule has 1 fully saturated rings. The van der Waals surface area contributed by atoms with Crippen molar-refractivity contribution in [3.8, 4) is 0 Å². The minimum atomic E-state index is -0.162. The Bertz CT molecular complexity index is 856. The third-order valence-electron chi connectivity index (χ3n) is 4.45. The number of carbonyl (C=O) groups is 1. The van der Waals surface area contributed by atoms with Crippen LogP contribution in [0, 0.1) is 0 Å². The zero-order valence-corrected chi connectivity index (χ0v) is 15.7. The number of rotatable bonds is 2. The number of piperazine rings is 1. The van der Waals surface area contributed by atoms with Gasteiger partial charge in [-0.25, -0.2) is 0 Å². The van der Waals surface area contributed by atoms with Crippen molar-refractivity contribution in [1.29, 1.82) is 0 Å². The van der Waals surface area contributed by atoms with Crippen LogP contribution in [0.2, 0.25) is 5.02 Å². The largest absolute Gasteiger partial charge is 0.368 e. The molecule has 0 bridgehead atoms. The van der Waals surface area contributed by atoms with E-state index in [4.69, 9.17) is 11.6 Å². The molecule has 0 atom stereocenters. The van der Waals surface area contributed by atoms with Gasteiger partial charge in [0.05, 0.1) is 4.91 Å². The summed E-state index contributed by atoms with van der Waals surface area (Å²) in [6, 6.07) is 17.9. The van der Waals surface area contributed by atoms with E-state index in [1.54, 1.807) is 0 Å². The predicted molar refractivity (Wildman–Crippen MR) is 110 cm³/mol. The number of benzene rings is 2. The van der Waals surface area contributed by atoms with Gasteiger partial charge < -0.3 is 9.80 Å². The lowest BCUT2D eigenvalue weighted by Crippen LogP contribution is -2.47. The minimum absolute atomic E-state index is 0.162. The topological polar surface area (TPSA) is 35.9 Å². The minimum Gasteiger partial charge on any atom is -0.368 e. The van der Waals surface area contributed by atoms with Crippen molar-refractivity contribution in [3.63, 3.8) is 0 Å². The first-order valence-corrected chi connectivity index (χ1v) is 9.71. The molecule has 2 aromatic carbocycles. The molecule has 2 aliphatic heterocycles. The molecule has 1 saturated heterocycles. The smallest absolute Gasteiger partial charge is 0.286 e. The molecule has 0 aliphatic carbocycles. The van der Waals surface area contributed by atoms with Crippen molar-refractivity contribution in [3.05, 3.63) is 70.1 Å². The van der Waals surface area contributed by atoms with E-state index < -0.39 is 0 Å². The van der Waals surface area contributed by atoms with E-state index >= 15 is 0 Å². The van der Waals surface area contributed by atoms with E-state index in [-0.39, 0.29) is 5.91 Å². The first-order valence-electron chi connectivity index (χ1n) is 8.52. The fourth-order valence-electron chi connectivity index (χ4n) is 3.04. The van der Waals surface area contributed by atoms with Gasteiger partial charge in [-0.1, -0.05) is 41.9 Å². The Hall–Kier alpha value is -2.24. The van der Waals surface area contributed by atoms with Gasteiger partial charge in [-0.05, 0) is 47.7 Å². The third kappa shape index (κ3) is 3.79. The first-order chi connectivity index (χ1) is 12.7. The molecule has 4 nitrogen and oxygen atoms in total. The quantitative estimate of drug-likeness (QED) is 0.730. The molecule has 4 rings (SSSR count). The molecule has 132 valence electrons. The molecule has 0 N–H and O–H groups in total. The van der Waals surface area contributed by atoms with Gasteiger partial charge >= 0.3 is 0 Å². The van der Waals surface area contributed by atoms with Crippen molar-refractivity contribution < 1.29 is 4.79 Å². The van der Waals surface area contributed by atoms with Gasteiger partial charge in [0.15, 0.2) is 5.17 Å².